The number of hydrogen-bond donors (Lipinski definition) is 1. The van der Waals surface area contributed by atoms with Crippen molar-refractivity contribution in [1.29, 1.82) is 0 Å². The number of hydrogen-bond acceptors (Lipinski definition) is 3. The number of amides is 1. The largest absolute Gasteiger partial charge is 0.497 e. The van der Waals surface area contributed by atoms with Crippen molar-refractivity contribution in [3.63, 3.8) is 0 Å². The maximum absolute atomic E-state index is 11.9. The van der Waals surface area contributed by atoms with E-state index in [4.69, 9.17) is 10.5 Å². The Kier molecular flexibility index (Phi) is 2.83. The first-order chi connectivity index (χ1) is 7.67. The van der Waals surface area contributed by atoms with Gasteiger partial charge in [-0.3, -0.25) is 4.79 Å². The summed E-state index contributed by atoms with van der Waals surface area (Å²) < 4.78 is 5.18. The summed E-state index contributed by atoms with van der Waals surface area (Å²) in [5.41, 5.74) is 7.68. The van der Waals surface area contributed by atoms with Gasteiger partial charge >= 0.3 is 0 Å². The molecule has 1 aromatic rings. The van der Waals surface area contributed by atoms with Crippen LogP contribution in [-0.2, 0) is 11.2 Å². The Labute approximate surface area is 95.0 Å². The summed E-state index contributed by atoms with van der Waals surface area (Å²) in [6.45, 7) is 0.389. The van der Waals surface area contributed by atoms with E-state index in [1.54, 1.807) is 19.1 Å². The van der Waals surface area contributed by atoms with Crippen LogP contribution in [0.2, 0.25) is 0 Å². The van der Waals surface area contributed by atoms with Crippen LogP contribution in [0.15, 0.2) is 18.2 Å². The molecule has 2 N–H and O–H groups in total. The highest BCUT2D eigenvalue weighted by Gasteiger charge is 2.29. The number of nitrogens with zero attached hydrogens (tertiary/aromatic N) is 1. The first-order valence-corrected chi connectivity index (χ1v) is 5.32. The number of nitrogens with two attached hydrogens (primary N) is 1. The van der Waals surface area contributed by atoms with Crippen LogP contribution < -0.4 is 15.4 Å². The van der Waals surface area contributed by atoms with Crippen molar-refractivity contribution in [3.05, 3.63) is 23.8 Å². The highest BCUT2D eigenvalue weighted by atomic mass is 16.5. The molecular formula is C12H16N2O2. The second-order valence-electron chi connectivity index (χ2n) is 4.03. The minimum absolute atomic E-state index is 0.0974. The van der Waals surface area contributed by atoms with E-state index in [9.17, 15) is 4.79 Å². The monoisotopic (exact) mass is 220 g/mol. The van der Waals surface area contributed by atoms with Crippen molar-refractivity contribution >= 4 is 11.6 Å². The van der Waals surface area contributed by atoms with Gasteiger partial charge in [-0.1, -0.05) is 0 Å². The fraction of sp³-hybridized carbons (Fsp3) is 0.417. The number of carbonyl (C=O) groups excluding carboxylic acids is 1. The Morgan fingerprint density at radius 3 is 2.94 bits per heavy atom. The Bertz CT molecular complexity index is 417. The Morgan fingerprint density at radius 2 is 2.31 bits per heavy atom. The van der Waals surface area contributed by atoms with Gasteiger partial charge in [0.05, 0.1) is 13.0 Å². The van der Waals surface area contributed by atoms with Crippen LogP contribution in [-0.4, -0.2) is 26.6 Å². The van der Waals surface area contributed by atoms with Gasteiger partial charge in [0, 0.05) is 19.3 Å². The van der Waals surface area contributed by atoms with Gasteiger partial charge in [-0.05, 0) is 30.2 Å². The standard InChI is InChI=1S/C12H16N2O2/c1-14-11-4-3-10(16-2)6-8(11)5-9(7-13)12(14)15/h3-4,6,9H,5,7,13H2,1-2H3. The lowest BCUT2D eigenvalue weighted by molar-refractivity contribution is -0.122. The van der Waals surface area contributed by atoms with Crippen molar-refractivity contribution in [2.45, 2.75) is 6.42 Å². The molecule has 0 saturated heterocycles. The molecule has 1 unspecified atom stereocenters. The maximum atomic E-state index is 11.9. The van der Waals surface area contributed by atoms with E-state index in [1.165, 1.54) is 0 Å². The zero-order valence-corrected chi connectivity index (χ0v) is 9.56. The molecule has 1 aromatic carbocycles. The molecule has 1 heterocycles. The van der Waals surface area contributed by atoms with E-state index in [-0.39, 0.29) is 11.8 Å². The van der Waals surface area contributed by atoms with E-state index >= 15 is 0 Å². The Morgan fingerprint density at radius 1 is 1.56 bits per heavy atom. The van der Waals surface area contributed by atoms with Crippen LogP contribution in [0.5, 0.6) is 5.75 Å². The number of rotatable bonds is 2. The van der Waals surface area contributed by atoms with Crippen molar-refractivity contribution < 1.29 is 9.53 Å². The van der Waals surface area contributed by atoms with Gasteiger partial charge < -0.3 is 15.4 Å². The van der Waals surface area contributed by atoms with Crippen molar-refractivity contribution in [2.24, 2.45) is 11.7 Å². The number of fused-ring (bicyclic) bond motifs is 1. The highest BCUT2D eigenvalue weighted by molar-refractivity contribution is 5.97. The second-order valence-corrected chi connectivity index (χ2v) is 4.03. The van der Waals surface area contributed by atoms with E-state index < -0.39 is 0 Å². The van der Waals surface area contributed by atoms with E-state index in [1.807, 2.05) is 18.2 Å². The van der Waals surface area contributed by atoms with Crippen molar-refractivity contribution in [1.82, 2.24) is 0 Å². The molecule has 16 heavy (non-hydrogen) atoms. The SMILES string of the molecule is COc1ccc2c(c1)CC(CN)C(=O)N2C. The molecule has 0 bridgehead atoms. The molecule has 1 atom stereocenters. The third kappa shape index (κ3) is 1.65. The molecule has 1 aliphatic rings. The van der Waals surface area contributed by atoms with E-state index in [2.05, 4.69) is 0 Å². The summed E-state index contributed by atoms with van der Waals surface area (Å²) in [5.74, 6) is 0.807. The number of ether oxygens (including phenoxy) is 1. The van der Waals surface area contributed by atoms with E-state index in [0.29, 0.717) is 13.0 Å². The van der Waals surface area contributed by atoms with Crippen LogP contribution in [0.4, 0.5) is 5.69 Å². The number of methoxy groups -OCH3 is 1. The fourth-order valence-corrected chi connectivity index (χ4v) is 2.11. The van der Waals surface area contributed by atoms with Crippen LogP contribution in [0.25, 0.3) is 0 Å². The quantitative estimate of drug-likeness (QED) is 0.801. The second kappa shape index (κ2) is 4.14. The summed E-state index contributed by atoms with van der Waals surface area (Å²) in [6, 6.07) is 5.76. The number of carbonyl (C=O) groups is 1. The number of benzene rings is 1. The van der Waals surface area contributed by atoms with Gasteiger partial charge in [0.15, 0.2) is 0 Å². The van der Waals surface area contributed by atoms with Gasteiger partial charge in [0.1, 0.15) is 5.75 Å². The molecule has 0 fully saturated rings. The summed E-state index contributed by atoms with van der Waals surface area (Å²) in [7, 11) is 3.43. The first kappa shape index (κ1) is 11.0. The van der Waals surface area contributed by atoms with Gasteiger partial charge in [-0.15, -0.1) is 0 Å². The Hall–Kier alpha value is -1.55. The third-order valence-corrected chi connectivity index (χ3v) is 3.08. The lowest BCUT2D eigenvalue weighted by Crippen LogP contribution is -2.41. The topological polar surface area (TPSA) is 55.6 Å². The van der Waals surface area contributed by atoms with Gasteiger partial charge in [0.2, 0.25) is 5.91 Å². The van der Waals surface area contributed by atoms with Gasteiger partial charge in [0.25, 0.3) is 0 Å². The van der Waals surface area contributed by atoms with E-state index in [0.717, 1.165) is 17.0 Å². The smallest absolute Gasteiger partial charge is 0.231 e. The fourth-order valence-electron chi connectivity index (χ4n) is 2.11. The lowest BCUT2D eigenvalue weighted by Gasteiger charge is -2.31. The average Bonchev–Trinajstić information content (AvgIpc) is 2.33. The van der Waals surface area contributed by atoms with Crippen LogP contribution >= 0.6 is 0 Å². The normalized spacial score (nSPS) is 19.6. The molecule has 1 aliphatic heterocycles. The minimum Gasteiger partial charge on any atom is -0.497 e. The summed E-state index contributed by atoms with van der Waals surface area (Å²) in [5, 5.41) is 0. The molecule has 2 rings (SSSR count). The molecule has 0 aliphatic carbocycles. The van der Waals surface area contributed by atoms with Crippen molar-refractivity contribution in [2.75, 3.05) is 25.6 Å². The van der Waals surface area contributed by atoms with Crippen LogP contribution in [0.3, 0.4) is 0 Å². The molecular weight excluding hydrogens is 204 g/mol. The summed E-state index contributed by atoms with van der Waals surface area (Å²) >= 11 is 0. The molecule has 4 nitrogen and oxygen atoms in total. The Balaban J connectivity index is 2.42. The molecule has 4 heteroatoms. The average molecular weight is 220 g/mol. The number of anilines is 1. The molecule has 86 valence electrons. The zero-order chi connectivity index (χ0) is 11.7. The molecule has 0 radical (unpaired) electrons. The molecule has 0 spiro atoms. The molecule has 0 saturated carbocycles. The summed E-state index contributed by atoms with van der Waals surface area (Å²) in [4.78, 5) is 13.6. The molecule has 1 amide bonds. The zero-order valence-electron chi connectivity index (χ0n) is 9.56. The first-order valence-electron chi connectivity index (χ1n) is 5.32. The highest BCUT2D eigenvalue weighted by Crippen LogP contribution is 2.31. The maximum Gasteiger partial charge on any atom is 0.231 e. The lowest BCUT2D eigenvalue weighted by atomic mass is 9.92. The predicted molar refractivity (Wildman–Crippen MR) is 62.7 cm³/mol. The summed E-state index contributed by atoms with van der Waals surface area (Å²) in [6.07, 6.45) is 0.701. The van der Waals surface area contributed by atoms with Gasteiger partial charge in [-0.25, -0.2) is 0 Å². The van der Waals surface area contributed by atoms with Crippen LogP contribution in [0, 0.1) is 5.92 Å². The molecule has 0 aromatic heterocycles. The van der Waals surface area contributed by atoms with Crippen LogP contribution in [0.1, 0.15) is 5.56 Å². The van der Waals surface area contributed by atoms with Gasteiger partial charge in [-0.2, -0.15) is 0 Å². The predicted octanol–water partition coefficient (Wildman–Crippen LogP) is 0.789. The third-order valence-electron chi connectivity index (χ3n) is 3.08. The minimum atomic E-state index is -0.107. The van der Waals surface area contributed by atoms with Crippen molar-refractivity contribution in [3.8, 4) is 5.75 Å².